The van der Waals surface area contributed by atoms with Crippen molar-refractivity contribution in [2.24, 2.45) is 5.92 Å². The number of H-pyrrole nitrogens is 1. The van der Waals surface area contributed by atoms with Crippen LogP contribution in [0.5, 0.6) is 0 Å². The number of piperidine rings is 1. The van der Waals surface area contributed by atoms with Gasteiger partial charge >= 0.3 is 11.2 Å². The zero-order valence-corrected chi connectivity index (χ0v) is 13.7. The molecule has 0 amide bonds. The summed E-state index contributed by atoms with van der Waals surface area (Å²) in [6, 6.07) is 3.04. The summed E-state index contributed by atoms with van der Waals surface area (Å²) in [5.41, 5.74) is 1.41. The molecule has 2 aliphatic heterocycles. The maximum absolute atomic E-state index is 12.5. The van der Waals surface area contributed by atoms with Gasteiger partial charge in [0, 0.05) is 37.3 Å². The number of anilines is 1. The maximum Gasteiger partial charge on any atom is 0.334 e. The Morgan fingerprint density at radius 2 is 2.08 bits per heavy atom. The molecule has 132 valence electrons. The second-order valence-corrected chi connectivity index (χ2v) is 6.82. The van der Waals surface area contributed by atoms with Gasteiger partial charge < -0.3 is 14.5 Å². The Labute approximate surface area is 146 Å². The molecule has 0 spiro atoms. The van der Waals surface area contributed by atoms with Crippen molar-refractivity contribution in [1.82, 2.24) is 24.5 Å². The van der Waals surface area contributed by atoms with Gasteiger partial charge in [0.1, 0.15) is 11.8 Å². The Kier molecular flexibility index (Phi) is 3.08. The number of pyridine rings is 1. The summed E-state index contributed by atoms with van der Waals surface area (Å²) in [7, 11) is 0. The molecule has 1 saturated heterocycles. The van der Waals surface area contributed by atoms with Crippen LogP contribution in [0.4, 0.5) is 11.5 Å². The van der Waals surface area contributed by atoms with Gasteiger partial charge in [-0.2, -0.15) is 0 Å². The molecule has 3 aromatic rings. The van der Waals surface area contributed by atoms with Crippen LogP contribution in [0.3, 0.4) is 0 Å². The molecule has 2 atom stereocenters. The zero-order chi connectivity index (χ0) is 17.8. The van der Waals surface area contributed by atoms with E-state index in [1.807, 2.05) is 0 Å². The number of fused-ring (bicyclic) bond motifs is 5. The van der Waals surface area contributed by atoms with Gasteiger partial charge in [0.25, 0.3) is 0 Å². The molecule has 10 nitrogen and oxygen atoms in total. The van der Waals surface area contributed by atoms with Crippen LogP contribution in [0.1, 0.15) is 18.0 Å². The quantitative estimate of drug-likeness (QED) is 0.539. The average Bonchev–Trinajstić information content (AvgIpc) is 3.11. The van der Waals surface area contributed by atoms with Crippen molar-refractivity contribution in [3.63, 3.8) is 0 Å². The first-order valence-electron chi connectivity index (χ1n) is 8.39. The third-order valence-corrected chi connectivity index (χ3v) is 5.28. The Hall–Kier alpha value is -3.30. The Balaban J connectivity index is 1.55. The van der Waals surface area contributed by atoms with E-state index in [1.165, 1.54) is 12.4 Å². The van der Waals surface area contributed by atoms with Crippen molar-refractivity contribution < 1.29 is 4.92 Å². The molecule has 10 heteroatoms. The first-order chi connectivity index (χ1) is 12.6. The largest absolute Gasteiger partial charge is 0.354 e. The first-order valence-corrected chi connectivity index (χ1v) is 8.39. The first kappa shape index (κ1) is 15.0. The van der Waals surface area contributed by atoms with E-state index in [4.69, 9.17) is 0 Å². The lowest BCUT2D eigenvalue weighted by molar-refractivity contribution is -0.386. The van der Waals surface area contributed by atoms with Crippen molar-refractivity contribution in [2.45, 2.75) is 18.9 Å². The van der Waals surface area contributed by atoms with Gasteiger partial charge in [-0.15, -0.1) is 0 Å². The van der Waals surface area contributed by atoms with Crippen LogP contribution in [0.2, 0.25) is 0 Å². The van der Waals surface area contributed by atoms with Gasteiger partial charge in [-0.1, -0.05) is 0 Å². The van der Waals surface area contributed by atoms with Crippen LogP contribution >= 0.6 is 0 Å². The zero-order valence-electron chi connectivity index (χ0n) is 13.7. The third-order valence-electron chi connectivity index (χ3n) is 5.28. The van der Waals surface area contributed by atoms with Gasteiger partial charge in [-0.25, -0.2) is 15.0 Å². The smallest absolute Gasteiger partial charge is 0.334 e. The van der Waals surface area contributed by atoms with Crippen molar-refractivity contribution in [3.8, 4) is 0 Å². The minimum atomic E-state index is -0.609. The lowest BCUT2D eigenvalue weighted by atomic mass is 9.83. The van der Waals surface area contributed by atoms with Crippen molar-refractivity contribution in [1.29, 1.82) is 0 Å². The molecular formula is C16H15N7O3. The second-order valence-electron chi connectivity index (χ2n) is 6.82. The lowest BCUT2D eigenvalue weighted by Gasteiger charge is -2.43. The maximum atomic E-state index is 12.5. The number of imidazole rings is 1. The minimum Gasteiger partial charge on any atom is -0.354 e. The van der Waals surface area contributed by atoms with E-state index in [2.05, 4.69) is 24.8 Å². The molecule has 26 heavy (non-hydrogen) atoms. The number of hydrogen-bond donors (Lipinski definition) is 1. The molecule has 2 bridgehead atoms. The summed E-state index contributed by atoms with van der Waals surface area (Å²) in [4.78, 5) is 40.9. The van der Waals surface area contributed by atoms with Gasteiger partial charge in [-0.3, -0.25) is 14.9 Å². The van der Waals surface area contributed by atoms with E-state index in [9.17, 15) is 14.9 Å². The van der Waals surface area contributed by atoms with Crippen LogP contribution in [-0.2, 0) is 6.54 Å². The SMILES string of the molecule is O=c1c([N+](=O)[O-])ccc2n1CC1CC2CN(c2ncnc3nc[nH]c23)C1. The third kappa shape index (κ3) is 2.11. The number of nitrogens with zero attached hydrogens (tertiary/aromatic N) is 6. The Bertz CT molecular complexity index is 1090. The van der Waals surface area contributed by atoms with Crippen molar-refractivity contribution >= 4 is 22.7 Å². The average molecular weight is 353 g/mol. The van der Waals surface area contributed by atoms with E-state index in [0.29, 0.717) is 18.7 Å². The minimum absolute atomic E-state index is 0.129. The van der Waals surface area contributed by atoms with Gasteiger partial charge in [0.05, 0.1) is 11.3 Å². The van der Waals surface area contributed by atoms with Crippen LogP contribution in [0.15, 0.2) is 29.6 Å². The fraction of sp³-hybridized carbons (Fsp3) is 0.375. The summed E-state index contributed by atoms with van der Waals surface area (Å²) in [6.07, 6.45) is 4.07. The van der Waals surface area contributed by atoms with Crippen molar-refractivity contribution in [2.75, 3.05) is 18.0 Å². The van der Waals surface area contributed by atoms with E-state index in [0.717, 1.165) is 30.0 Å². The highest BCUT2D eigenvalue weighted by molar-refractivity contribution is 5.82. The fourth-order valence-electron chi connectivity index (χ4n) is 4.24. The summed E-state index contributed by atoms with van der Waals surface area (Å²) in [5, 5.41) is 11.1. The second kappa shape index (κ2) is 5.35. The molecule has 3 aromatic heterocycles. The normalized spacial score (nSPS) is 21.6. The van der Waals surface area contributed by atoms with Gasteiger partial charge in [0.2, 0.25) is 0 Å². The predicted octanol–water partition coefficient (Wildman–Crippen LogP) is 1.05. The molecule has 0 radical (unpaired) electrons. The van der Waals surface area contributed by atoms with Gasteiger partial charge in [-0.05, 0) is 18.4 Å². The monoisotopic (exact) mass is 353 g/mol. The molecule has 1 N–H and O–H groups in total. The summed E-state index contributed by atoms with van der Waals surface area (Å²) >= 11 is 0. The van der Waals surface area contributed by atoms with E-state index < -0.39 is 10.5 Å². The standard InChI is InChI=1S/C16H15N7O3/c24-16-12(23(25)26)2-1-11-10-3-9(5-22(11)16)4-21(6-10)15-13-14(18-7-17-13)19-8-20-15/h1-2,7-10H,3-6H2,(H,17,18,19,20). The summed E-state index contributed by atoms with van der Waals surface area (Å²) in [6.45, 7) is 1.91. The number of nitro groups is 1. The highest BCUT2D eigenvalue weighted by Gasteiger charge is 2.37. The molecule has 5 rings (SSSR count). The molecule has 0 aliphatic carbocycles. The molecular weight excluding hydrogens is 338 g/mol. The number of aromatic nitrogens is 5. The summed E-state index contributed by atoms with van der Waals surface area (Å²) in [5.74, 6) is 1.16. The molecule has 2 aliphatic rings. The number of hydrogen-bond acceptors (Lipinski definition) is 7. The molecule has 1 fully saturated rings. The molecule has 0 saturated carbocycles. The fourth-order valence-corrected chi connectivity index (χ4v) is 4.24. The molecule has 0 aromatic carbocycles. The topological polar surface area (TPSA) is 123 Å². The molecule has 2 unspecified atom stereocenters. The Morgan fingerprint density at radius 1 is 1.19 bits per heavy atom. The van der Waals surface area contributed by atoms with Crippen LogP contribution in [-0.4, -0.2) is 42.5 Å². The highest BCUT2D eigenvalue weighted by Crippen LogP contribution is 2.37. The van der Waals surface area contributed by atoms with Crippen LogP contribution in [0, 0.1) is 16.0 Å². The lowest BCUT2D eigenvalue weighted by Crippen LogP contribution is -2.47. The number of nitrogens with one attached hydrogen (secondary N) is 1. The van der Waals surface area contributed by atoms with E-state index >= 15 is 0 Å². The molecule has 5 heterocycles. The van der Waals surface area contributed by atoms with E-state index in [1.54, 1.807) is 17.0 Å². The predicted molar refractivity (Wildman–Crippen MR) is 92.1 cm³/mol. The van der Waals surface area contributed by atoms with Gasteiger partial charge in [0.15, 0.2) is 11.5 Å². The summed E-state index contributed by atoms with van der Waals surface area (Å²) < 4.78 is 1.58. The van der Waals surface area contributed by atoms with Crippen LogP contribution in [0.25, 0.3) is 11.2 Å². The van der Waals surface area contributed by atoms with Crippen molar-refractivity contribution in [3.05, 3.63) is 50.9 Å². The number of rotatable bonds is 2. The highest BCUT2D eigenvalue weighted by atomic mass is 16.6. The van der Waals surface area contributed by atoms with Crippen LogP contribution < -0.4 is 10.5 Å². The van der Waals surface area contributed by atoms with E-state index in [-0.39, 0.29) is 17.5 Å². The number of aromatic amines is 1. The Morgan fingerprint density at radius 3 is 2.92 bits per heavy atom.